The molecule has 0 heterocycles. The van der Waals surface area contributed by atoms with Crippen LogP contribution < -0.4 is 20.7 Å². The Hall–Kier alpha value is -4.74. The molecule has 4 rings (SSSR count). The van der Waals surface area contributed by atoms with E-state index in [0.29, 0.717) is 27.0 Å². The predicted molar refractivity (Wildman–Crippen MR) is 175 cm³/mol. The fourth-order valence-corrected chi connectivity index (χ4v) is 5.41. The van der Waals surface area contributed by atoms with Crippen LogP contribution in [0.5, 0.6) is 5.75 Å². The van der Waals surface area contributed by atoms with Crippen molar-refractivity contribution in [2.45, 2.75) is 29.7 Å². The van der Waals surface area contributed by atoms with Crippen LogP contribution in [0.15, 0.2) is 108 Å². The van der Waals surface area contributed by atoms with Crippen molar-refractivity contribution < 1.29 is 32.3 Å². The third kappa shape index (κ3) is 8.92. The molecule has 0 aliphatic heterocycles. The molecular weight excluding hydrogens is 639 g/mol. The van der Waals surface area contributed by atoms with Gasteiger partial charge in [0, 0.05) is 21.8 Å². The predicted octanol–water partition coefficient (Wildman–Crippen LogP) is 8.29. The summed E-state index contributed by atoms with van der Waals surface area (Å²) in [5, 5.41) is 8.26. The summed E-state index contributed by atoms with van der Waals surface area (Å²) < 4.78 is 45.3. The van der Waals surface area contributed by atoms with Crippen molar-refractivity contribution >= 4 is 58.5 Å². The molecule has 7 nitrogen and oxygen atoms in total. The SMILES string of the molecule is COc1ccc(NC(=O)C(C)(C)Sc2ccc(NC(=O)/C(=C/c3ccccc3C(F)(F)F)NC(=O)c3ccccc3)cc2)cc1Cl. The fourth-order valence-electron chi connectivity index (χ4n) is 4.15. The zero-order chi connectivity index (χ0) is 33.5. The molecule has 0 spiro atoms. The summed E-state index contributed by atoms with van der Waals surface area (Å²) in [4.78, 5) is 40.0. The van der Waals surface area contributed by atoms with Gasteiger partial charge in [0.25, 0.3) is 11.8 Å². The van der Waals surface area contributed by atoms with E-state index in [2.05, 4.69) is 16.0 Å². The maximum absolute atomic E-state index is 13.7. The number of rotatable bonds is 10. The lowest BCUT2D eigenvalue weighted by Gasteiger charge is -2.23. The molecule has 3 amide bonds. The molecule has 12 heteroatoms. The first kappa shape index (κ1) is 34.1. The molecule has 46 heavy (non-hydrogen) atoms. The lowest BCUT2D eigenvalue weighted by Crippen LogP contribution is -2.33. The van der Waals surface area contributed by atoms with Crippen molar-refractivity contribution in [3.05, 3.63) is 124 Å². The van der Waals surface area contributed by atoms with Gasteiger partial charge >= 0.3 is 6.18 Å². The van der Waals surface area contributed by atoms with Gasteiger partial charge in [-0.3, -0.25) is 14.4 Å². The van der Waals surface area contributed by atoms with Gasteiger partial charge in [0.1, 0.15) is 11.4 Å². The first-order valence-corrected chi connectivity index (χ1v) is 15.0. The van der Waals surface area contributed by atoms with Crippen LogP contribution in [0.3, 0.4) is 0 Å². The first-order chi connectivity index (χ1) is 21.8. The highest BCUT2D eigenvalue weighted by molar-refractivity contribution is 8.01. The maximum Gasteiger partial charge on any atom is 0.416 e. The van der Waals surface area contributed by atoms with Crippen LogP contribution >= 0.6 is 23.4 Å². The zero-order valence-corrected chi connectivity index (χ0v) is 26.4. The number of hydrogen-bond donors (Lipinski definition) is 3. The van der Waals surface area contributed by atoms with E-state index in [9.17, 15) is 27.6 Å². The number of benzene rings is 4. The number of thioether (sulfide) groups is 1. The fraction of sp³-hybridized carbons (Fsp3) is 0.147. The highest BCUT2D eigenvalue weighted by Gasteiger charge is 2.33. The Bertz CT molecular complexity index is 1760. The molecule has 0 atom stereocenters. The summed E-state index contributed by atoms with van der Waals surface area (Å²) in [6.45, 7) is 3.50. The molecule has 0 unspecified atom stereocenters. The summed E-state index contributed by atoms with van der Waals surface area (Å²) in [6, 6.07) is 24.1. The Morgan fingerprint density at radius 3 is 2.09 bits per heavy atom. The molecule has 0 saturated heterocycles. The first-order valence-electron chi connectivity index (χ1n) is 13.8. The van der Waals surface area contributed by atoms with Gasteiger partial charge in [-0.25, -0.2) is 0 Å². The Morgan fingerprint density at radius 1 is 0.826 bits per heavy atom. The van der Waals surface area contributed by atoms with Gasteiger partial charge in [-0.2, -0.15) is 13.2 Å². The van der Waals surface area contributed by atoms with Crippen LogP contribution in [0.1, 0.15) is 35.3 Å². The number of amides is 3. The summed E-state index contributed by atoms with van der Waals surface area (Å²) in [6.07, 6.45) is -3.70. The minimum absolute atomic E-state index is 0.216. The van der Waals surface area contributed by atoms with E-state index < -0.39 is 28.3 Å². The second kappa shape index (κ2) is 14.6. The van der Waals surface area contributed by atoms with Gasteiger partial charge in [-0.15, -0.1) is 11.8 Å². The minimum Gasteiger partial charge on any atom is -0.495 e. The van der Waals surface area contributed by atoms with Crippen molar-refractivity contribution in [3.63, 3.8) is 0 Å². The minimum atomic E-state index is -4.68. The molecule has 4 aromatic carbocycles. The Labute approximate surface area is 273 Å². The number of carbonyl (C=O) groups is 3. The van der Waals surface area contributed by atoms with Gasteiger partial charge in [0.05, 0.1) is 22.4 Å². The van der Waals surface area contributed by atoms with E-state index in [1.165, 1.54) is 49.2 Å². The molecule has 238 valence electrons. The van der Waals surface area contributed by atoms with Crippen LogP contribution in [0, 0.1) is 0 Å². The summed E-state index contributed by atoms with van der Waals surface area (Å²) in [5.74, 6) is -1.30. The van der Waals surface area contributed by atoms with Crippen molar-refractivity contribution in [3.8, 4) is 5.75 Å². The van der Waals surface area contributed by atoms with E-state index in [1.54, 1.807) is 74.5 Å². The molecule has 3 N–H and O–H groups in total. The number of nitrogens with one attached hydrogen (secondary N) is 3. The largest absolute Gasteiger partial charge is 0.495 e. The average molecular weight is 668 g/mol. The van der Waals surface area contributed by atoms with Crippen molar-refractivity contribution in [2.24, 2.45) is 0 Å². The van der Waals surface area contributed by atoms with E-state index in [-0.39, 0.29) is 22.7 Å². The molecule has 0 aromatic heterocycles. The highest BCUT2D eigenvalue weighted by atomic mass is 35.5. The normalized spacial score (nSPS) is 11.8. The van der Waals surface area contributed by atoms with E-state index in [4.69, 9.17) is 16.3 Å². The number of carbonyl (C=O) groups excluding carboxylic acids is 3. The van der Waals surface area contributed by atoms with E-state index in [1.807, 2.05) is 0 Å². The molecule has 4 aromatic rings. The summed E-state index contributed by atoms with van der Waals surface area (Å²) in [7, 11) is 1.49. The summed E-state index contributed by atoms with van der Waals surface area (Å²) >= 11 is 7.44. The van der Waals surface area contributed by atoms with Crippen molar-refractivity contribution in [1.82, 2.24) is 5.32 Å². The van der Waals surface area contributed by atoms with Gasteiger partial charge in [-0.05, 0) is 86.2 Å². The highest BCUT2D eigenvalue weighted by Crippen LogP contribution is 2.36. The quantitative estimate of drug-likeness (QED) is 0.117. The Balaban J connectivity index is 1.50. The average Bonchev–Trinajstić information content (AvgIpc) is 3.01. The number of anilines is 2. The third-order valence-electron chi connectivity index (χ3n) is 6.54. The second-order valence-corrected chi connectivity index (χ2v) is 12.5. The number of methoxy groups -OCH3 is 1. The van der Waals surface area contributed by atoms with Crippen molar-refractivity contribution in [2.75, 3.05) is 17.7 Å². The Kier molecular flexibility index (Phi) is 10.8. The van der Waals surface area contributed by atoms with Gasteiger partial charge in [-0.1, -0.05) is 48.0 Å². The van der Waals surface area contributed by atoms with Crippen LogP contribution in [-0.4, -0.2) is 29.6 Å². The topological polar surface area (TPSA) is 96.5 Å². The number of alkyl halides is 3. The zero-order valence-electron chi connectivity index (χ0n) is 24.9. The van der Waals surface area contributed by atoms with Crippen LogP contribution in [0.2, 0.25) is 5.02 Å². The molecule has 0 bridgehead atoms. The van der Waals surface area contributed by atoms with Crippen LogP contribution in [-0.2, 0) is 15.8 Å². The number of halogens is 4. The molecule has 0 aliphatic carbocycles. The number of ether oxygens (including phenoxy) is 1. The second-order valence-electron chi connectivity index (χ2n) is 10.4. The molecule has 0 radical (unpaired) electrons. The Morgan fingerprint density at radius 2 is 1.46 bits per heavy atom. The van der Waals surface area contributed by atoms with E-state index in [0.717, 1.165) is 12.1 Å². The molecular formula is C34H29ClF3N3O4S. The lowest BCUT2D eigenvalue weighted by molar-refractivity contribution is -0.137. The maximum atomic E-state index is 13.7. The summed E-state index contributed by atoms with van der Waals surface area (Å²) in [5.41, 5.74) is -0.610. The molecule has 0 fully saturated rings. The van der Waals surface area contributed by atoms with Crippen LogP contribution in [0.25, 0.3) is 6.08 Å². The standard InChI is InChI=1S/C34H29ClF3N3O4S/c1-33(2,32(44)40-24-15-18-29(45-3)27(35)20-24)46-25-16-13-23(14-17-25)39-31(43)28(41-30(42)21-9-5-4-6-10-21)19-22-11-7-8-12-26(22)34(36,37)38/h4-20H,1-3H3,(H,39,43)(H,40,44)(H,41,42)/b28-19-. The van der Waals surface area contributed by atoms with Gasteiger partial charge < -0.3 is 20.7 Å². The molecule has 0 aliphatic rings. The number of hydrogen-bond acceptors (Lipinski definition) is 5. The monoisotopic (exact) mass is 667 g/mol. The molecule has 0 saturated carbocycles. The van der Waals surface area contributed by atoms with Gasteiger partial charge in [0.15, 0.2) is 0 Å². The third-order valence-corrected chi connectivity index (χ3v) is 8.04. The van der Waals surface area contributed by atoms with Crippen LogP contribution in [0.4, 0.5) is 24.5 Å². The van der Waals surface area contributed by atoms with Gasteiger partial charge in [0.2, 0.25) is 5.91 Å². The van der Waals surface area contributed by atoms with E-state index >= 15 is 0 Å². The smallest absolute Gasteiger partial charge is 0.416 e. The lowest BCUT2D eigenvalue weighted by atomic mass is 10.1. The van der Waals surface area contributed by atoms with Crippen molar-refractivity contribution in [1.29, 1.82) is 0 Å².